The zero-order valence-corrected chi connectivity index (χ0v) is 11.2. The number of rotatable bonds is 5. The van der Waals surface area contributed by atoms with E-state index in [0.717, 1.165) is 24.8 Å². The number of hydrogen-bond acceptors (Lipinski definition) is 2. The van der Waals surface area contributed by atoms with Gasteiger partial charge in [-0.3, -0.25) is 0 Å². The summed E-state index contributed by atoms with van der Waals surface area (Å²) in [6.45, 7) is 4.09. The fourth-order valence-electron chi connectivity index (χ4n) is 2.64. The van der Waals surface area contributed by atoms with E-state index in [1.54, 1.807) is 0 Å². The van der Waals surface area contributed by atoms with Crippen molar-refractivity contribution in [1.29, 1.82) is 0 Å². The molecule has 1 amide bonds. The van der Waals surface area contributed by atoms with E-state index in [2.05, 4.69) is 11.9 Å². The monoisotopic (exact) mass is 259 g/mol. The van der Waals surface area contributed by atoms with Crippen LogP contribution in [0.3, 0.4) is 0 Å². The van der Waals surface area contributed by atoms with Crippen LogP contribution in [0, 0.1) is 5.92 Å². The molecule has 0 aliphatic heterocycles. The summed E-state index contributed by atoms with van der Waals surface area (Å²) in [5.41, 5.74) is 1.01. The number of carbonyl (C=O) groups is 1. The average molecular weight is 259 g/mol. The highest BCUT2D eigenvalue weighted by Crippen LogP contribution is 2.28. The molecule has 1 aromatic carbocycles. The van der Waals surface area contributed by atoms with Gasteiger partial charge in [0.15, 0.2) is 0 Å². The fraction of sp³-hybridized carbons (Fsp3) is 0.438. The Balaban J connectivity index is 1.76. The van der Waals surface area contributed by atoms with E-state index in [9.17, 15) is 4.79 Å². The van der Waals surface area contributed by atoms with Crippen LogP contribution in [0.1, 0.15) is 31.2 Å². The van der Waals surface area contributed by atoms with Crippen molar-refractivity contribution < 1.29 is 9.53 Å². The van der Waals surface area contributed by atoms with Gasteiger partial charge in [-0.2, -0.15) is 0 Å². The van der Waals surface area contributed by atoms with Gasteiger partial charge in [-0.05, 0) is 30.7 Å². The van der Waals surface area contributed by atoms with Gasteiger partial charge in [0, 0.05) is 6.04 Å². The normalized spacial score (nSPS) is 21.9. The second-order valence-corrected chi connectivity index (χ2v) is 5.03. The van der Waals surface area contributed by atoms with Gasteiger partial charge in [0.05, 0.1) is 0 Å². The molecule has 0 spiro atoms. The minimum absolute atomic E-state index is 0.237. The SMILES string of the molecule is C=CCC1CCCC1NC(=O)OCc1ccccc1. The van der Waals surface area contributed by atoms with E-state index in [1.807, 2.05) is 36.4 Å². The lowest BCUT2D eigenvalue weighted by Crippen LogP contribution is -2.37. The van der Waals surface area contributed by atoms with Gasteiger partial charge in [0.25, 0.3) is 0 Å². The molecule has 0 saturated heterocycles. The first-order valence-electron chi connectivity index (χ1n) is 6.87. The first-order chi connectivity index (χ1) is 9.29. The lowest BCUT2D eigenvalue weighted by Gasteiger charge is -2.19. The third-order valence-electron chi connectivity index (χ3n) is 3.64. The van der Waals surface area contributed by atoms with Gasteiger partial charge in [-0.1, -0.05) is 42.8 Å². The molecule has 1 saturated carbocycles. The molecule has 2 rings (SSSR count). The van der Waals surface area contributed by atoms with Gasteiger partial charge in [0.1, 0.15) is 6.61 Å². The molecular weight excluding hydrogens is 238 g/mol. The molecule has 0 bridgehead atoms. The van der Waals surface area contributed by atoms with Crippen molar-refractivity contribution in [3.63, 3.8) is 0 Å². The van der Waals surface area contributed by atoms with Crippen LogP contribution in [0.25, 0.3) is 0 Å². The van der Waals surface area contributed by atoms with E-state index >= 15 is 0 Å². The first-order valence-corrected chi connectivity index (χ1v) is 6.87. The predicted octanol–water partition coefficient (Wildman–Crippen LogP) is 3.66. The largest absolute Gasteiger partial charge is 0.445 e. The molecule has 3 heteroatoms. The minimum atomic E-state index is -0.315. The zero-order chi connectivity index (χ0) is 13.5. The summed E-state index contributed by atoms with van der Waals surface area (Å²) in [6, 6.07) is 9.96. The molecule has 1 fully saturated rings. The number of carbonyl (C=O) groups excluding carboxylic acids is 1. The second-order valence-electron chi connectivity index (χ2n) is 5.03. The first kappa shape index (κ1) is 13.7. The van der Waals surface area contributed by atoms with Crippen molar-refractivity contribution >= 4 is 6.09 Å². The van der Waals surface area contributed by atoms with Crippen molar-refractivity contribution in [3.05, 3.63) is 48.6 Å². The topological polar surface area (TPSA) is 38.3 Å². The Morgan fingerprint density at radius 2 is 2.16 bits per heavy atom. The van der Waals surface area contributed by atoms with Gasteiger partial charge in [-0.25, -0.2) is 4.79 Å². The predicted molar refractivity (Wildman–Crippen MR) is 75.7 cm³/mol. The Morgan fingerprint density at radius 1 is 1.37 bits per heavy atom. The van der Waals surface area contributed by atoms with Crippen LogP contribution in [0.2, 0.25) is 0 Å². The smallest absolute Gasteiger partial charge is 0.407 e. The van der Waals surface area contributed by atoms with Crippen molar-refractivity contribution in [2.75, 3.05) is 0 Å². The molecular formula is C16H21NO2. The maximum Gasteiger partial charge on any atom is 0.407 e. The molecule has 3 nitrogen and oxygen atoms in total. The Kier molecular flexibility index (Phi) is 5.01. The van der Waals surface area contributed by atoms with Crippen LogP contribution in [-0.2, 0) is 11.3 Å². The van der Waals surface area contributed by atoms with E-state index < -0.39 is 0 Å². The van der Waals surface area contributed by atoms with Crippen molar-refractivity contribution in [2.24, 2.45) is 5.92 Å². The number of ether oxygens (including phenoxy) is 1. The Labute approximate surface area is 114 Å². The van der Waals surface area contributed by atoms with Crippen molar-refractivity contribution in [2.45, 2.75) is 38.3 Å². The van der Waals surface area contributed by atoms with E-state index in [4.69, 9.17) is 4.74 Å². The lowest BCUT2D eigenvalue weighted by atomic mass is 10.00. The standard InChI is InChI=1S/C16H21NO2/c1-2-7-14-10-6-11-15(14)17-16(18)19-12-13-8-4-3-5-9-13/h2-5,8-9,14-15H,1,6-7,10-12H2,(H,17,18). The molecule has 1 aliphatic rings. The minimum Gasteiger partial charge on any atom is -0.445 e. The lowest BCUT2D eigenvalue weighted by molar-refractivity contribution is 0.133. The number of alkyl carbamates (subject to hydrolysis) is 1. The summed E-state index contributed by atoms with van der Waals surface area (Å²) in [7, 11) is 0. The van der Waals surface area contributed by atoms with Crippen LogP contribution in [0.15, 0.2) is 43.0 Å². The number of benzene rings is 1. The molecule has 2 atom stereocenters. The maximum atomic E-state index is 11.8. The molecule has 1 aromatic rings. The van der Waals surface area contributed by atoms with Gasteiger partial charge < -0.3 is 10.1 Å². The fourth-order valence-corrected chi connectivity index (χ4v) is 2.64. The summed E-state index contributed by atoms with van der Waals surface area (Å²) in [5.74, 6) is 0.516. The molecule has 1 N–H and O–H groups in total. The number of nitrogens with one attached hydrogen (secondary N) is 1. The molecule has 0 radical (unpaired) electrons. The third-order valence-corrected chi connectivity index (χ3v) is 3.64. The molecule has 0 aromatic heterocycles. The summed E-state index contributed by atoms with van der Waals surface area (Å²) >= 11 is 0. The van der Waals surface area contributed by atoms with Crippen molar-refractivity contribution in [3.8, 4) is 0 Å². The van der Waals surface area contributed by atoms with E-state index in [1.165, 1.54) is 6.42 Å². The molecule has 0 heterocycles. The van der Waals surface area contributed by atoms with Gasteiger partial charge >= 0.3 is 6.09 Å². The Hall–Kier alpha value is -1.77. The van der Waals surface area contributed by atoms with E-state index in [0.29, 0.717) is 12.5 Å². The Bertz CT molecular complexity index is 416. The molecule has 102 valence electrons. The van der Waals surface area contributed by atoms with Gasteiger partial charge in [-0.15, -0.1) is 6.58 Å². The van der Waals surface area contributed by atoms with Crippen LogP contribution >= 0.6 is 0 Å². The number of allylic oxidation sites excluding steroid dienone is 1. The van der Waals surface area contributed by atoms with Crippen LogP contribution in [0.4, 0.5) is 4.79 Å². The quantitative estimate of drug-likeness (QED) is 0.819. The zero-order valence-electron chi connectivity index (χ0n) is 11.2. The van der Waals surface area contributed by atoms with Crippen LogP contribution < -0.4 is 5.32 Å². The van der Waals surface area contributed by atoms with Gasteiger partial charge in [0.2, 0.25) is 0 Å². The van der Waals surface area contributed by atoms with Crippen molar-refractivity contribution in [1.82, 2.24) is 5.32 Å². The number of hydrogen-bond donors (Lipinski definition) is 1. The Morgan fingerprint density at radius 3 is 2.89 bits per heavy atom. The third kappa shape index (κ3) is 4.12. The van der Waals surface area contributed by atoms with Crippen LogP contribution in [-0.4, -0.2) is 12.1 Å². The molecule has 2 unspecified atom stereocenters. The van der Waals surface area contributed by atoms with Crippen LogP contribution in [0.5, 0.6) is 0 Å². The molecule has 19 heavy (non-hydrogen) atoms. The summed E-state index contributed by atoms with van der Waals surface area (Å²) < 4.78 is 5.24. The molecule has 1 aliphatic carbocycles. The summed E-state index contributed by atoms with van der Waals surface area (Å²) in [4.78, 5) is 11.8. The van der Waals surface area contributed by atoms with E-state index in [-0.39, 0.29) is 12.1 Å². The summed E-state index contributed by atoms with van der Waals surface area (Å²) in [6.07, 6.45) is 5.95. The highest BCUT2D eigenvalue weighted by atomic mass is 16.5. The highest BCUT2D eigenvalue weighted by molar-refractivity contribution is 5.67. The highest BCUT2D eigenvalue weighted by Gasteiger charge is 2.27. The summed E-state index contributed by atoms with van der Waals surface area (Å²) in [5, 5.41) is 2.98. The second kappa shape index (κ2) is 6.98. The number of amides is 1. The average Bonchev–Trinajstić information content (AvgIpc) is 2.85. The maximum absolute atomic E-state index is 11.8.